The SMILES string of the molecule is CCOC(=O)C(C(=O)OCC)C(C[N+](=O)[O-])c1c(F)cccc1Cl. The Kier molecular flexibility index (Phi) is 7.57. The van der Waals surface area contributed by atoms with E-state index in [1.807, 2.05) is 0 Å². The molecule has 0 aromatic heterocycles. The molecule has 1 aromatic carbocycles. The molecular formula is C15H17ClFNO6. The highest BCUT2D eigenvalue weighted by molar-refractivity contribution is 6.31. The Morgan fingerprint density at radius 1 is 1.25 bits per heavy atom. The molecule has 0 radical (unpaired) electrons. The lowest BCUT2D eigenvalue weighted by atomic mass is 9.85. The predicted molar refractivity (Wildman–Crippen MR) is 82.8 cm³/mol. The van der Waals surface area contributed by atoms with Gasteiger partial charge in [0.15, 0.2) is 5.92 Å². The van der Waals surface area contributed by atoms with Gasteiger partial charge in [0.05, 0.1) is 19.1 Å². The monoisotopic (exact) mass is 361 g/mol. The summed E-state index contributed by atoms with van der Waals surface area (Å²) >= 11 is 5.95. The average molecular weight is 362 g/mol. The summed E-state index contributed by atoms with van der Waals surface area (Å²) in [6.45, 7) is 2.04. The van der Waals surface area contributed by atoms with Crippen molar-refractivity contribution >= 4 is 23.5 Å². The molecule has 7 nitrogen and oxygen atoms in total. The fourth-order valence-corrected chi connectivity index (χ4v) is 2.58. The van der Waals surface area contributed by atoms with E-state index in [1.54, 1.807) is 0 Å². The normalized spacial score (nSPS) is 11.9. The maximum Gasteiger partial charge on any atom is 0.321 e. The quantitative estimate of drug-likeness (QED) is 0.305. The predicted octanol–water partition coefficient (Wildman–Crippen LogP) is 2.58. The maximum atomic E-state index is 14.2. The number of hydrogen-bond acceptors (Lipinski definition) is 6. The Balaban J connectivity index is 3.43. The van der Waals surface area contributed by atoms with Crippen LogP contribution in [0, 0.1) is 21.8 Å². The van der Waals surface area contributed by atoms with Gasteiger partial charge in [-0.2, -0.15) is 0 Å². The highest BCUT2D eigenvalue weighted by Gasteiger charge is 2.43. The first-order chi connectivity index (χ1) is 11.3. The average Bonchev–Trinajstić information content (AvgIpc) is 2.47. The maximum absolute atomic E-state index is 14.2. The van der Waals surface area contributed by atoms with Crippen LogP contribution in [0.25, 0.3) is 0 Å². The molecule has 0 heterocycles. The minimum absolute atomic E-state index is 0.0507. The van der Waals surface area contributed by atoms with Crippen LogP contribution in [0.4, 0.5) is 4.39 Å². The number of carbonyl (C=O) groups is 2. The summed E-state index contributed by atoms with van der Waals surface area (Å²) in [6.07, 6.45) is 0. The molecule has 0 aliphatic rings. The standard InChI is InChI=1S/C15H17ClFNO6/c1-3-23-14(19)13(15(20)24-4-2)9(8-18(21)22)12-10(16)6-5-7-11(12)17/h5-7,9,13H,3-4,8H2,1-2H3. The minimum Gasteiger partial charge on any atom is -0.465 e. The van der Waals surface area contributed by atoms with Crippen molar-refractivity contribution in [3.63, 3.8) is 0 Å². The fraction of sp³-hybridized carbons (Fsp3) is 0.467. The molecule has 9 heteroatoms. The topological polar surface area (TPSA) is 95.7 Å². The van der Waals surface area contributed by atoms with Gasteiger partial charge in [-0.1, -0.05) is 17.7 Å². The molecule has 132 valence electrons. The highest BCUT2D eigenvalue weighted by Crippen LogP contribution is 2.34. The Morgan fingerprint density at radius 2 is 1.79 bits per heavy atom. The van der Waals surface area contributed by atoms with Crippen molar-refractivity contribution in [1.82, 2.24) is 0 Å². The van der Waals surface area contributed by atoms with Crippen LogP contribution in [0.2, 0.25) is 5.02 Å². The van der Waals surface area contributed by atoms with Gasteiger partial charge in [-0.25, -0.2) is 4.39 Å². The lowest BCUT2D eigenvalue weighted by Gasteiger charge is -2.22. The third kappa shape index (κ3) is 4.89. The van der Waals surface area contributed by atoms with Crippen molar-refractivity contribution in [3.05, 3.63) is 44.7 Å². The first-order valence-corrected chi connectivity index (χ1v) is 7.60. The first kappa shape index (κ1) is 19.8. The summed E-state index contributed by atoms with van der Waals surface area (Å²) in [4.78, 5) is 34.6. The molecule has 0 aliphatic heterocycles. The number of esters is 2. The van der Waals surface area contributed by atoms with Gasteiger partial charge in [0.1, 0.15) is 5.82 Å². The molecule has 0 amide bonds. The van der Waals surface area contributed by atoms with Gasteiger partial charge in [0, 0.05) is 15.5 Å². The molecule has 0 bridgehead atoms. The molecule has 0 spiro atoms. The van der Waals surface area contributed by atoms with Crippen molar-refractivity contribution < 1.29 is 28.4 Å². The van der Waals surface area contributed by atoms with Crippen molar-refractivity contribution in [1.29, 1.82) is 0 Å². The molecular weight excluding hydrogens is 345 g/mol. The second-order valence-electron chi connectivity index (χ2n) is 4.74. The molecule has 1 rings (SSSR count). The summed E-state index contributed by atoms with van der Waals surface area (Å²) in [5.41, 5.74) is -0.290. The van der Waals surface area contributed by atoms with Crippen LogP contribution < -0.4 is 0 Å². The van der Waals surface area contributed by atoms with E-state index in [9.17, 15) is 24.1 Å². The molecule has 0 saturated carbocycles. The number of ether oxygens (including phenoxy) is 2. The van der Waals surface area contributed by atoms with Crippen molar-refractivity contribution in [2.75, 3.05) is 19.8 Å². The third-order valence-corrected chi connectivity index (χ3v) is 3.53. The van der Waals surface area contributed by atoms with Gasteiger partial charge in [-0.15, -0.1) is 0 Å². The first-order valence-electron chi connectivity index (χ1n) is 7.22. The summed E-state index contributed by atoms with van der Waals surface area (Å²) in [6, 6.07) is 3.68. The highest BCUT2D eigenvalue weighted by atomic mass is 35.5. The van der Waals surface area contributed by atoms with Crippen LogP contribution in [-0.2, 0) is 19.1 Å². The van der Waals surface area contributed by atoms with E-state index in [0.29, 0.717) is 0 Å². The third-order valence-electron chi connectivity index (χ3n) is 3.20. The molecule has 24 heavy (non-hydrogen) atoms. The number of hydrogen-bond donors (Lipinski definition) is 0. The van der Waals surface area contributed by atoms with Crippen LogP contribution >= 0.6 is 11.6 Å². The summed E-state index contributed by atoms with van der Waals surface area (Å²) in [5, 5.41) is 10.9. The zero-order valence-corrected chi connectivity index (χ0v) is 13.9. The molecule has 0 aliphatic carbocycles. The van der Waals surface area contributed by atoms with E-state index in [4.69, 9.17) is 21.1 Å². The molecule has 1 aromatic rings. The zero-order valence-electron chi connectivity index (χ0n) is 13.2. The number of carbonyl (C=O) groups excluding carboxylic acids is 2. The zero-order chi connectivity index (χ0) is 18.3. The van der Waals surface area contributed by atoms with Crippen LogP contribution in [0.3, 0.4) is 0 Å². The van der Waals surface area contributed by atoms with Crippen LogP contribution in [0.15, 0.2) is 18.2 Å². The number of nitrogens with zero attached hydrogens (tertiary/aromatic N) is 1. The van der Waals surface area contributed by atoms with E-state index in [2.05, 4.69) is 0 Å². The second kappa shape index (κ2) is 9.17. The largest absolute Gasteiger partial charge is 0.465 e. The molecule has 1 unspecified atom stereocenters. The van der Waals surface area contributed by atoms with Gasteiger partial charge in [0.25, 0.3) is 0 Å². The molecule has 1 atom stereocenters. The summed E-state index contributed by atoms with van der Waals surface area (Å²) < 4.78 is 23.8. The number of halogens is 2. The van der Waals surface area contributed by atoms with Gasteiger partial charge in [0.2, 0.25) is 6.54 Å². The van der Waals surface area contributed by atoms with Crippen LogP contribution in [0.1, 0.15) is 25.3 Å². The molecule has 0 saturated heterocycles. The minimum atomic E-state index is -1.69. The van der Waals surface area contributed by atoms with Crippen LogP contribution in [-0.4, -0.2) is 36.6 Å². The van der Waals surface area contributed by atoms with E-state index in [1.165, 1.54) is 26.0 Å². The van der Waals surface area contributed by atoms with Crippen molar-refractivity contribution in [2.24, 2.45) is 5.92 Å². The number of rotatable bonds is 8. The van der Waals surface area contributed by atoms with E-state index >= 15 is 0 Å². The van der Waals surface area contributed by atoms with Crippen molar-refractivity contribution in [3.8, 4) is 0 Å². The number of nitro groups is 1. The summed E-state index contributed by atoms with van der Waals surface area (Å²) in [5.74, 6) is -6.05. The van der Waals surface area contributed by atoms with Crippen LogP contribution in [0.5, 0.6) is 0 Å². The number of benzene rings is 1. The summed E-state index contributed by atoms with van der Waals surface area (Å²) in [7, 11) is 0. The lowest BCUT2D eigenvalue weighted by molar-refractivity contribution is -0.484. The van der Waals surface area contributed by atoms with Gasteiger partial charge in [-0.05, 0) is 26.0 Å². The Morgan fingerprint density at radius 3 is 2.21 bits per heavy atom. The second-order valence-corrected chi connectivity index (χ2v) is 5.15. The Hall–Kier alpha value is -2.22. The smallest absolute Gasteiger partial charge is 0.321 e. The van der Waals surface area contributed by atoms with E-state index in [0.717, 1.165) is 6.07 Å². The fourth-order valence-electron chi connectivity index (χ4n) is 2.28. The van der Waals surface area contributed by atoms with Gasteiger partial charge in [-0.3, -0.25) is 19.7 Å². The molecule has 0 N–H and O–H groups in total. The lowest BCUT2D eigenvalue weighted by Crippen LogP contribution is -2.37. The Bertz CT molecular complexity index is 586. The molecule has 0 fully saturated rings. The van der Waals surface area contributed by atoms with Gasteiger partial charge < -0.3 is 9.47 Å². The Labute approximate surface area is 142 Å². The van der Waals surface area contributed by atoms with E-state index < -0.39 is 41.1 Å². The van der Waals surface area contributed by atoms with E-state index in [-0.39, 0.29) is 23.8 Å². The van der Waals surface area contributed by atoms with Crippen molar-refractivity contribution in [2.45, 2.75) is 19.8 Å². The van der Waals surface area contributed by atoms with Gasteiger partial charge >= 0.3 is 11.9 Å².